The van der Waals surface area contributed by atoms with Crippen molar-refractivity contribution < 1.29 is 14.4 Å². The molecule has 0 aliphatic heterocycles. The van der Waals surface area contributed by atoms with Crippen LogP contribution in [0.2, 0.25) is 0 Å². The van der Waals surface area contributed by atoms with Crippen LogP contribution in [0, 0.1) is 0 Å². The third kappa shape index (κ3) is 3.87. The first-order valence-corrected chi connectivity index (χ1v) is 5.77. The normalized spacial score (nSPS) is 10.2. The minimum absolute atomic E-state index is 0.188. The van der Waals surface area contributed by atoms with E-state index in [1.54, 1.807) is 42.6 Å². The van der Waals surface area contributed by atoms with Gasteiger partial charge in [-0.15, -0.1) is 0 Å². The molecule has 0 aliphatic carbocycles. The summed E-state index contributed by atoms with van der Waals surface area (Å²) in [5.74, 6) is 4.63. The molecule has 19 heavy (non-hydrogen) atoms. The molecule has 1 aromatic carbocycles. The van der Waals surface area contributed by atoms with Gasteiger partial charge in [0.15, 0.2) is 0 Å². The lowest BCUT2D eigenvalue weighted by Crippen LogP contribution is -2.06. The second kappa shape index (κ2) is 6.63. The smallest absolute Gasteiger partial charge is 0.338 e. The molecular formula is C14H14N2O3. The monoisotopic (exact) mass is 258 g/mol. The van der Waals surface area contributed by atoms with E-state index in [1.807, 2.05) is 6.07 Å². The van der Waals surface area contributed by atoms with E-state index >= 15 is 0 Å². The van der Waals surface area contributed by atoms with Gasteiger partial charge in [-0.25, -0.2) is 10.7 Å². The minimum Gasteiger partial charge on any atom is -0.457 e. The maximum absolute atomic E-state index is 11.7. The zero-order valence-electron chi connectivity index (χ0n) is 10.3. The van der Waals surface area contributed by atoms with Crippen LogP contribution >= 0.6 is 0 Å². The predicted molar refractivity (Wildman–Crippen MR) is 68.8 cm³/mol. The Hall–Kier alpha value is -2.24. The summed E-state index contributed by atoms with van der Waals surface area (Å²) in [4.78, 5) is 20.3. The highest BCUT2D eigenvalue weighted by molar-refractivity contribution is 5.89. The third-order valence-corrected chi connectivity index (χ3v) is 2.49. The zero-order chi connectivity index (χ0) is 13.5. The second-order valence-corrected chi connectivity index (χ2v) is 3.91. The van der Waals surface area contributed by atoms with Gasteiger partial charge in [-0.05, 0) is 29.8 Å². The average Bonchev–Trinajstić information content (AvgIpc) is 2.46. The summed E-state index contributed by atoms with van der Waals surface area (Å²) in [6, 6.07) is 12.4. The number of ether oxygens (including phenoxy) is 1. The predicted octanol–water partition coefficient (Wildman–Crippen LogP) is 1.83. The number of carbonyl (C=O) groups is 1. The SMILES string of the molecule is NOCc1cc(COC(=O)c2ccccc2)ccn1. The molecule has 98 valence electrons. The van der Waals surface area contributed by atoms with Crippen LogP contribution in [0.5, 0.6) is 0 Å². The largest absolute Gasteiger partial charge is 0.457 e. The number of rotatable bonds is 5. The fraction of sp³-hybridized carbons (Fsp3) is 0.143. The van der Waals surface area contributed by atoms with Gasteiger partial charge in [0.05, 0.1) is 11.3 Å². The van der Waals surface area contributed by atoms with Crippen molar-refractivity contribution in [1.82, 2.24) is 4.98 Å². The number of nitrogens with two attached hydrogens (primary N) is 1. The molecule has 0 saturated heterocycles. The van der Waals surface area contributed by atoms with E-state index in [-0.39, 0.29) is 19.2 Å². The molecule has 0 spiro atoms. The van der Waals surface area contributed by atoms with Crippen molar-refractivity contribution >= 4 is 5.97 Å². The Morgan fingerprint density at radius 2 is 1.95 bits per heavy atom. The van der Waals surface area contributed by atoms with Gasteiger partial charge in [0.25, 0.3) is 0 Å². The van der Waals surface area contributed by atoms with Crippen LogP contribution in [-0.4, -0.2) is 11.0 Å². The highest BCUT2D eigenvalue weighted by atomic mass is 16.6. The maximum atomic E-state index is 11.7. The minimum atomic E-state index is -0.353. The van der Waals surface area contributed by atoms with Crippen LogP contribution in [-0.2, 0) is 22.8 Å². The molecule has 2 rings (SSSR count). The van der Waals surface area contributed by atoms with E-state index in [0.717, 1.165) is 5.56 Å². The lowest BCUT2D eigenvalue weighted by Gasteiger charge is -2.06. The molecule has 0 amide bonds. The zero-order valence-corrected chi connectivity index (χ0v) is 10.3. The molecule has 0 aliphatic rings. The molecule has 0 atom stereocenters. The summed E-state index contributed by atoms with van der Waals surface area (Å²) in [7, 11) is 0. The maximum Gasteiger partial charge on any atom is 0.338 e. The Balaban J connectivity index is 1.95. The summed E-state index contributed by atoms with van der Waals surface area (Å²) < 4.78 is 5.21. The summed E-state index contributed by atoms with van der Waals surface area (Å²) in [6.45, 7) is 0.411. The van der Waals surface area contributed by atoms with Crippen molar-refractivity contribution in [1.29, 1.82) is 0 Å². The molecule has 0 bridgehead atoms. The van der Waals surface area contributed by atoms with Gasteiger partial charge < -0.3 is 4.74 Å². The molecule has 0 saturated carbocycles. The molecule has 0 radical (unpaired) electrons. The number of hydrogen-bond donors (Lipinski definition) is 1. The molecule has 0 unspecified atom stereocenters. The van der Waals surface area contributed by atoms with Crippen LogP contribution in [0.3, 0.4) is 0 Å². The van der Waals surface area contributed by atoms with Crippen LogP contribution in [0.1, 0.15) is 21.6 Å². The Bertz CT molecular complexity index is 543. The fourth-order valence-electron chi connectivity index (χ4n) is 1.59. The van der Waals surface area contributed by atoms with Gasteiger partial charge in [0.2, 0.25) is 0 Å². The standard InChI is InChI=1S/C14H14N2O3/c15-19-10-13-8-11(6-7-16-13)9-18-14(17)12-4-2-1-3-5-12/h1-8H,9-10,15H2. The molecule has 1 aromatic heterocycles. The highest BCUT2D eigenvalue weighted by Crippen LogP contribution is 2.07. The van der Waals surface area contributed by atoms with E-state index in [4.69, 9.17) is 10.6 Å². The van der Waals surface area contributed by atoms with Gasteiger partial charge in [0, 0.05) is 6.20 Å². The van der Waals surface area contributed by atoms with Crippen LogP contribution in [0.25, 0.3) is 0 Å². The quantitative estimate of drug-likeness (QED) is 0.654. The van der Waals surface area contributed by atoms with E-state index in [1.165, 1.54) is 0 Å². The topological polar surface area (TPSA) is 74.4 Å². The summed E-state index contributed by atoms with van der Waals surface area (Å²) in [5.41, 5.74) is 2.06. The molecular weight excluding hydrogens is 244 g/mol. The summed E-state index contributed by atoms with van der Waals surface area (Å²) >= 11 is 0. The molecule has 2 N–H and O–H groups in total. The van der Waals surface area contributed by atoms with E-state index < -0.39 is 0 Å². The van der Waals surface area contributed by atoms with Gasteiger partial charge in [0.1, 0.15) is 13.2 Å². The average molecular weight is 258 g/mol. The van der Waals surface area contributed by atoms with Gasteiger partial charge in [-0.3, -0.25) is 9.82 Å². The van der Waals surface area contributed by atoms with Crippen molar-refractivity contribution in [3.05, 3.63) is 65.5 Å². The number of pyridine rings is 1. The fourth-order valence-corrected chi connectivity index (χ4v) is 1.59. The van der Waals surface area contributed by atoms with Gasteiger partial charge in [-0.1, -0.05) is 18.2 Å². The van der Waals surface area contributed by atoms with Crippen molar-refractivity contribution in [2.45, 2.75) is 13.2 Å². The van der Waals surface area contributed by atoms with Gasteiger partial charge in [-0.2, -0.15) is 0 Å². The van der Waals surface area contributed by atoms with E-state index in [2.05, 4.69) is 9.82 Å². The molecule has 5 nitrogen and oxygen atoms in total. The number of aromatic nitrogens is 1. The first-order valence-electron chi connectivity index (χ1n) is 5.77. The Kier molecular flexibility index (Phi) is 4.60. The number of esters is 1. The second-order valence-electron chi connectivity index (χ2n) is 3.91. The van der Waals surface area contributed by atoms with Crippen molar-refractivity contribution in [3.63, 3.8) is 0 Å². The molecule has 5 heteroatoms. The number of benzene rings is 1. The lowest BCUT2D eigenvalue weighted by molar-refractivity contribution is 0.0472. The van der Waals surface area contributed by atoms with Crippen LogP contribution in [0.15, 0.2) is 48.7 Å². The van der Waals surface area contributed by atoms with Crippen LogP contribution < -0.4 is 5.90 Å². The number of hydrogen-bond acceptors (Lipinski definition) is 5. The summed E-state index contributed by atoms with van der Waals surface area (Å²) in [6.07, 6.45) is 1.63. The van der Waals surface area contributed by atoms with Crippen molar-refractivity contribution in [3.8, 4) is 0 Å². The molecule has 0 fully saturated rings. The first-order chi connectivity index (χ1) is 9.29. The van der Waals surface area contributed by atoms with E-state index in [0.29, 0.717) is 11.3 Å². The van der Waals surface area contributed by atoms with Crippen LogP contribution in [0.4, 0.5) is 0 Å². The summed E-state index contributed by atoms with van der Waals surface area (Å²) in [5, 5.41) is 0. The Labute approximate surface area is 110 Å². The van der Waals surface area contributed by atoms with Crippen molar-refractivity contribution in [2.24, 2.45) is 5.90 Å². The van der Waals surface area contributed by atoms with Gasteiger partial charge >= 0.3 is 5.97 Å². The molecule has 2 aromatic rings. The van der Waals surface area contributed by atoms with Crippen molar-refractivity contribution in [2.75, 3.05) is 0 Å². The highest BCUT2D eigenvalue weighted by Gasteiger charge is 2.06. The lowest BCUT2D eigenvalue weighted by atomic mass is 10.2. The Morgan fingerprint density at radius 1 is 1.16 bits per heavy atom. The Morgan fingerprint density at radius 3 is 2.68 bits per heavy atom. The number of carbonyl (C=O) groups excluding carboxylic acids is 1. The third-order valence-electron chi connectivity index (χ3n) is 2.49. The first kappa shape index (κ1) is 13.2. The number of nitrogens with zero attached hydrogens (tertiary/aromatic N) is 1. The van der Waals surface area contributed by atoms with E-state index in [9.17, 15) is 4.79 Å². The molecule has 1 heterocycles.